The van der Waals surface area contributed by atoms with E-state index in [2.05, 4.69) is 10.3 Å². The number of hydrogen-bond acceptors (Lipinski definition) is 5. The zero-order valence-electron chi connectivity index (χ0n) is 12.1. The van der Waals surface area contributed by atoms with Gasteiger partial charge in [-0.3, -0.25) is 10.1 Å². The van der Waals surface area contributed by atoms with Crippen molar-refractivity contribution in [2.45, 2.75) is 6.92 Å². The molecule has 0 fully saturated rings. The third-order valence-corrected chi connectivity index (χ3v) is 3.87. The molecule has 1 N–H and O–H groups in total. The molecule has 112 valence electrons. The van der Waals surface area contributed by atoms with Gasteiger partial charge in [0.2, 0.25) is 5.91 Å². The second-order valence-electron chi connectivity index (χ2n) is 4.64. The number of para-hydroxylation sites is 1. The lowest BCUT2D eigenvalue weighted by Crippen LogP contribution is -2.07. The molecule has 3 rings (SSSR count). The van der Waals surface area contributed by atoms with Crippen molar-refractivity contribution >= 4 is 39.4 Å². The van der Waals surface area contributed by atoms with Crippen molar-refractivity contribution in [3.05, 3.63) is 47.2 Å². The van der Waals surface area contributed by atoms with Crippen molar-refractivity contribution in [2.24, 2.45) is 0 Å². The molecule has 2 aromatic heterocycles. The molecular weight excluding hydrogens is 300 g/mol. The Kier molecular flexibility index (Phi) is 3.93. The first-order valence-electron chi connectivity index (χ1n) is 6.63. The highest BCUT2D eigenvalue weighted by atomic mass is 32.1. The van der Waals surface area contributed by atoms with Crippen LogP contribution in [0.2, 0.25) is 0 Å². The predicted octanol–water partition coefficient (Wildman–Crippen LogP) is 3.86. The summed E-state index contributed by atoms with van der Waals surface area (Å²) in [5.74, 6) is 1.01. The molecular formula is C16H14N2O3S. The smallest absolute Gasteiger partial charge is 0.250 e. The predicted molar refractivity (Wildman–Crippen MR) is 87.3 cm³/mol. The van der Waals surface area contributed by atoms with Gasteiger partial charge in [0.15, 0.2) is 16.5 Å². The molecule has 22 heavy (non-hydrogen) atoms. The number of carbonyl (C=O) groups is 1. The first-order valence-corrected chi connectivity index (χ1v) is 7.51. The zero-order chi connectivity index (χ0) is 15.5. The Balaban J connectivity index is 1.76. The lowest BCUT2D eigenvalue weighted by atomic mass is 10.2. The number of anilines is 1. The number of aromatic nitrogens is 1. The van der Waals surface area contributed by atoms with Gasteiger partial charge in [0.1, 0.15) is 5.76 Å². The second-order valence-corrected chi connectivity index (χ2v) is 5.50. The van der Waals surface area contributed by atoms with Crippen LogP contribution in [0.5, 0.6) is 5.75 Å². The molecule has 0 unspecified atom stereocenters. The van der Waals surface area contributed by atoms with Gasteiger partial charge in [-0.25, -0.2) is 4.98 Å². The summed E-state index contributed by atoms with van der Waals surface area (Å²) in [6.07, 6.45) is 3.04. The summed E-state index contributed by atoms with van der Waals surface area (Å²) in [5.41, 5.74) is 1.55. The normalized spacial score (nSPS) is 11.2. The summed E-state index contributed by atoms with van der Waals surface area (Å²) >= 11 is 1.39. The minimum atomic E-state index is -0.248. The number of methoxy groups -OCH3 is 1. The molecule has 0 spiro atoms. The van der Waals surface area contributed by atoms with E-state index in [1.807, 2.05) is 36.6 Å². The number of nitrogens with zero attached hydrogens (tertiary/aromatic N) is 1. The fourth-order valence-corrected chi connectivity index (χ4v) is 2.71. The summed E-state index contributed by atoms with van der Waals surface area (Å²) in [4.78, 5) is 16.0. The number of furan rings is 1. The van der Waals surface area contributed by atoms with Crippen LogP contribution in [-0.4, -0.2) is 18.0 Å². The van der Waals surface area contributed by atoms with E-state index in [1.165, 1.54) is 17.4 Å². The number of benzene rings is 1. The number of hydrogen-bond donors (Lipinski definition) is 1. The molecule has 1 amide bonds. The molecule has 3 aromatic rings. The van der Waals surface area contributed by atoms with Crippen LogP contribution in [0.25, 0.3) is 17.0 Å². The van der Waals surface area contributed by atoms with Gasteiger partial charge in [0.05, 0.1) is 12.8 Å². The zero-order valence-corrected chi connectivity index (χ0v) is 12.9. The average Bonchev–Trinajstić information content (AvgIpc) is 3.10. The Hall–Kier alpha value is -2.60. The molecule has 6 heteroatoms. The van der Waals surface area contributed by atoms with Crippen molar-refractivity contribution in [3.8, 4) is 5.75 Å². The van der Waals surface area contributed by atoms with E-state index in [9.17, 15) is 4.79 Å². The summed E-state index contributed by atoms with van der Waals surface area (Å²) < 4.78 is 10.9. The van der Waals surface area contributed by atoms with Gasteiger partial charge in [-0.15, -0.1) is 11.3 Å². The Morgan fingerprint density at radius 2 is 2.32 bits per heavy atom. The number of thiazole rings is 1. The number of fused-ring (bicyclic) bond motifs is 1. The van der Waals surface area contributed by atoms with Crippen LogP contribution >= 0.6 is 11.3 Å². The molecule has 0 aliphatic heterocycles. The number of nitrogens with one attached hydrogen (secondary N) is 1. The summed E-state index contributed by atoms with van der Waals surface area (Å²) in [7, 11) is 1.59. The minimum absolute atomic E-state index is 0.248. The summed E-state index contributed by atoms with van der Waals surface area (Å²) in [5, 5.41) is 6.09. The van der Waals surface area contributed by atoms with Crippen molar-refractivity contribution in [1.82, 2.24) is 4.98 Å². The second kappa shape index (κ2) is 6.03. The van der Waals surface area contributed by atoms with Crippen LogP contribution < -0.4 is 10.1 Å². The number of rotatable bonds is 4. The van der Waals surface area contributed by atoms with Crippen LogP contribution in [-0.2, 0) is 4.79 Å². The SMILES string of the molecule is COc1cccc2cc(C=CC(=O)Nc3nc(C)cs3)oc12. The molecule has 0 aliphatic carbocycles. The standard InChI is InChI=1S/C16H14N2O3S/c1-10-9-22-16(17-10)18-14(19)7-6-12-8-11-4-3-5-13(20-2)15(11)21-12/h3-9H,1-2H3,(H,17,18,19). The summed E-state index contributed by atoms with van der Waals surface area (Å²) in [6.45, 7) is 1.88. The fraction of sp³-hybridized carbons (Fsp3) is 0.125. The van der Waals surface area contributed by atoms with Gasteiger partial charge < -0.3 is 9.15 Å². The summed E-state index contributed by atoms with van der Waals surface area (Å²) in [6, 6.07) is 7.50. The third-order valence-electron chi connectivity index (χ3n) is 3.00. The average molecular weight is 314 g/mol. The Labute approximate surface area is 131 Å². The molecule has 0 aliphatic rings. The molecule has 5 nitrogen and oxygen atoms in total. The highest BCUT2D eigenvalue weighted by Gasteiger charge is 2.07. The Morgan fingerprint density at radius 1 is 1.45 bits per heavy atom. The Morgan fingerprint density at radius 3 is 3.05 bits per heavy atom. The molecule has 1 aromatic carbocycles. The highest BCUT2D eigenvalue weighted by Crippen LogP contribution is 2.28. The van der Waals surface area contributed by atoms with Crippen molar-refractivity contribution in [3.63, 3.8) is 0 Å². The van der Waals surface area contributed by atoms with E-state index in [0.29, 0.717) is 22.2 Å². The maximum absolute atomic E-state index is 11.8. The number of amides is 1. The van der Waals surface area contributed by atoms with Gasteiger partial charge >= 0.3 is 0 Å². The molecule has 0 bridgehead atoms. The van der Waals surface area contributed by atoms with E-state index in [4.69, 9.17) is 9.15 Å². The van der Waals surface area contributed by atoms with E-state index in [-0.39, 0.29) is 5.91 Å². The molecule has 0 saturated carbocycles. The van der Waals surface area contributed by atoms with E-state index >= 15 is 0 Å². The maximum Gasteiger partial charge on any atom is 0.250 e. The molecule has 0 atom stereocenters. The largest absolute Gasteiger partial charge is 0.493 e. The highest BCUT2D eigenvalue weighted by molar-refractivity contribution is 7.13. The van der Waals surface area contributed by atoms with Crippen LogP contribution in [0, 0.1) is 6.92 Å². The van der Waals surface area contributed by atoms with Crippen LogP contribution in [0.15, 0.2) is 40.1 Å². The van der Waals surface area contributed by atoms with Crippen LogP contribution in [0.1, 0.15) is 11.5 Å². The van der Waals surface area contributed by atoms with Crippen molar-refractivity contribution < 1.29 is 13.9 Å². The first kappa shape index (κ1) is 14.3. The maximum atomic E-state index is 11.8. The third kappa shape index (κ3) is 3.01. The van der Waals surface area contributed by atoms with Crippen LogP contribution in [0.3, 0.4) is 0 Å². The fourth-order valence-electron chi connectivity index (χ4n) is 2.02. The minimum Gasteiger partial charge on any atom is -0.493 e. The van der Waals surface area contributed by atoms with E-state index in [1.54, 1.807) is 13.2 Å². The Bertz CT molecular complexity index is 848. The van der Waals surface area contributed by atoms with Crippen molar-refractivity contribution in [1.29, 1.82) is 0 Å². The van der Waals surface area contributed by atoms with E-state index in [0.717, 1.165) is 11.1 Å². The van der Waals surface area contributed by atoms with Gasteiger partial charge in [0, 0.05) is 16.8 Å². The number of aryl methyl sites for hydroxylation is 1. The first-order chi connectivity index (χ1) is 10.7. The lowest BCUT2D eigenvalue weighted by Gasteiger charge is -1.98. The van der Waals surface area contributed by atoms with Crippen LogP contribution in [0.4, 0.5) is 5.13 Å². The van der Waals surface area contributed by atoms with Gasteiger partial charge in [-0.1, -0.05) is 12.1 Å². The number of ether oxygens (including phenoxy) is 1. The molecule has 0 saturated heterocycles. The van der Waals surface area contributed by atoms with Crippen molar-refractivity contribution in [2.75, 3.05) is 12.4 Å². The number of carbonyl (C=O) groups excluding carboxylic acids is 1. The van der Waals surface area contributed by atoms with E-state index < -0.39 is 0 Å². The molecule has 0 radical (unpaired) electrons. The topological polar surface area (TPSA) is 64.4 Å². The van der Waals surface area contributed by atoms with Gasteiger partial charge in [0.25, 0.3) is 0 Å². The van der Waals surface area contributed by atoms with Gasteiger partial charge in [-0.05, 0) is 25.1 Å². The lowest BCUT2D eigenvalue weighted by molar-refractivity contribution is -0.111. The monoisotopic (exact) mass is 314 g/mol. The molecule has 2 heterocycles. The quantitative estimate of drug-likeness (QED) is 0.743. The van der Waals surface area contributed by atoms with Gasteiger partial charge in [-0.2, -0.15) is 0 Å².